The van der Waals surface area contributed by atoms with Crippen molar-refractivity contribution in [2.75, 3.05) is 20.5 Å². The van der Waals surface area contributed by atoms with Crippen molar-refractivity contribution in [3.05, 3.63) is 57.5 Å². The first-order valence-electron chi connectivity index (χ1n) is 8.73. The quantitative estimate of drug-likeness (QED) is 0.734. The third-order valence-electron chi connectivity index (χ3n) is 4.10. The number of thioether (sulfide) groups is 1. The normalized spacial score (nSPS) is 17.9. The number of methoxy groups -OCH3 is 1. The van der Waals surface area contributed by atoms with Crippen molar-refractivity contribution in [3.63, 3.8) is 0 Å². The molecule has 8 heteroatoms. The standard InChI is InChI=1S/C12H17NO2S.C7H6F2O.CH4O/c1-7-4-5-11(15-7)9-6-10(14)12(16-3)8(2)13-9;1-10-6-4-2-3-5(8)7(6)9;1-2/h6-7,11H,4-5H2,1-3H3,(H,13,14);2-4H,1H3;2H,1H3. The first kappa shape index (κ1) is 24.1. The molecule has 3 rings (SSSR count). The molecule has 1 aromatic heterocycles. The van der Waals surface area contributed by atoms with Crippen molar-refractivity contribution in [3.8, 4) is 5.75 Å². The second-order valence-electron chi connectivity index (χ2n) is 6.02. The average molecular weight is 416 g/mol. The zero-order valence-corrected chi connectivity index (χ0v) is 17.5. The van der Waals surface area contributed by atoms with E-state index in [-0.39, 0.29) is 17.3 Å². The minimum atomic E-state index is -0.940. The Labute approximate surface area is 168 Å². The van der Waals surface area contributed by atoms with Gasteiger partial charge >= 0.3 is 0 Å². The number of aromatic nitrogens is 1. The number of benzene rings is 1. The lowest BCUT2D eigenvalue weighted by molar-refractivity contribution is 0.0528. The Kier molecular flexibility index (Phi) is 10.2. The van der Waals surface area contributed by atoms with Crippen molar-refractivity contribution in [2.45, 2.75) is 43.8 Å². The molecule has 0 aliphatic carbocycles. The van der Waals surface area contributed by atoms with Crippen LogP contribution in [0.3, 0.4) is 0 Å². The Morgan fingerprint density at radius 2 is 1.96 bits per heavy atom. The maximum Gasteiger partial charge on any atom is 0.200 e. The third-order valence-corrected chi connectivity index (χ3v) is 5.02. The zero-order chi connectivity index (χ0) is 21.3. The van der Waals surface area contributed by atoms with Gasteiger partial charge in [0.15, 0.2) is 17.0 Å². The van der Waals surface area contributed by atoms with Gasteiger partial charge in [-0.1, -0.05) is 6.07 Å². The van der Waals surface area contributed by atoms with E-state index in [2.05, 4.69) is 16.6 Å². The summed E-state index contributed by atoms with van der Waals surface area (Å²) < 4.78 is 35.1. The van der Waals surface area contributed by atoms with Crippen molar-refractivity contribution in [1.29, 1.82) is 0 Å². The number of aliphatic hydroxyl groups is 1. The maximum atomic E-state index is 12.5. The van der Waals surface area contributed by atoms with Gasteiger partial charge in [-0.15, -0.1) is 11.8 Å². The van der Waals surface area contributed by atoms with Gasteiger partial charge in [-0.05, 0) is 45.1 Å². The molecule has 2 N–H and O–H groups in total. The number of aromatic amines is 1. The summed E-state index contributed by atoms with van der Waals surface area (Å²) in [4.78, 5) is 15.9. The Morgan fingerprint density at radius 3 is 2.43 bits per heavy atom. The summed E-state index contributed by atoms with van der Waals surface area (Å²) in [5.41, 5.74) is 1.96. The SMILES string of the molecule is CO.COc1cccc(F)c1F.CSc1c(C)[nH]c(C2CCC(C)O2)cc1=O. The van der Waals surface area contributed by atoms with Crippen molar-refractivity contribution in [1.82, 2.24) is 4.98 Å². The van der Waals surface area contributed by atoms with Crippen LogP contribution in [0.25, 0.3) is 0 Å². The van der Waals surface area contributed by atoms with Gasteiger partial charge in [-0.25, -0.2) is 4.39 Å². The van der Waals surface area contributed by atoms with Crippen molar-refractivity contribution in [2.24, 2.45) is 0 Å². The van der Waals surface area contributed by atoms with E-state index in [1.807, 2.05) is 13.2 Å². The summed E-state index contributed by atoms with van der Waals surface area (Å²) in [6, 6.07) is 5.47. The molecule has 0 bridgehead atoms. The van der Waals surface area contributed by atoms with E-state index in [0.717, 1.165) is 42.3 Å². The van der Waals surface area contributed by atoms with Crippen LogP contribution in [0, 0.1) is 18.6 Å². The summed E-state index contributed by atoms with van der Waals surface area (Å²) in [7, 11) is 2.29. The maximum absolute atomic E-state index is 12.5. The second kappa shape index (κ2) is 11.8. The fourth-order valence-corrected chi connectivity index (χ4v) is 3.42. The number of halogens is 2. The molecular weight excluding hydrogens is 388 g/mol. The highest BCUT2D eigenvalue weighted by Gasteiger charge is 2.24. The largest absolute Gasteiger partial charge is 0.494 e. The fourth-order valence-electron chi connectivity index (χ4n) is 2.80. The van der Waals surface area contributed by atoms with Gasteiger partial charge in [0.2, 0.25) is 5.82 Å². The minimum Gasteiger partial charge on any atom is -0.494 e. The van der Waals surface area contributed by atoms with E-state index in [0.29, 0.717) is 6.10 Å². The predicted octanol–water partition coefficient (Wildman–Crippen LogP) is 4.23. The van der Waals surface area contributed by atoms with Crippen LogP contribution in [0.5, 0.6) is 5.75 Å². The van der Waals surface area contributed by atoms with E-state index >= 15 is 0 Å². The van der Waals surface area contributed by atoms with E-state index in [1.165, 1.54) is 31.0 Å². The Bertz CT molecular complexity index is 813. The van der Waals surface area contributed by atoms with Crippen LogP contribution in [-0.2, 0) is 4.74 Å². The van der Waals surface area contributed by atoms with Gasteiger partial charge < -0.3 is 19.6 Å². The predicted molar refractivity (Wildman–Crippen MR) is 107 cm³/mol. The molecule has 2 unspecified atom stereocenters. The first-order valence-corrected chi connectivity index (χ1v) is 9.95. The van der Waals surface area contributed by atoms with Crippen LogP contribution in [-0.4, -0.2) is 36.7 Å². The molecule has 0 spiro atoms. The molecule has 0 amide bonds. The van der Waals surface area contributed by atoms with E-state index in [1.54, 1.807) is 6.07 Å². The molecule has 0 radical (unpaired) electrons. The molecule has 1 aliphatic rings. The fraction of sp³-hybridized carbons (Fsp3) is 0.450. The number of aliphatic hydroxyl groups excluding tert-OH is 1. The molecule has 28 heavy (non-hydrogen) atoms. The van der Waals surface area contributed by atoms with Crippen LogP contribution in [0.2, 0.25) is 0 Å². The Hall–Kier alpha value is -1.90. The molecule has 1 aromatic carbocycles. The average Bonchev–Trinajstić information content (AvgIpc) is 3.12. The highest BCUT2D eigenvalue weighted by atomic mass is 32.2. The number of hydrogen-bond donors (Lipinski definition) is 2. The van der Waals surface area contributed by atoms with E-state index < -0.39 is 11.6 Å². The molecule has 5 nitrogen and oxygen atoms in total. The van der Waals surface area contributed by atoms with E-state index in [9.17, 15) is 13.6 Å². The number of aryl methyl sites for hydroxylation is 1. The van der Waals surface area contributed by atoms with Crippen LogP contribution < -0.4 is 10.2 Å². The number of ether oxygens (including phenoxy) is 2. The number of hydrogen-bond acceptors (Lipinski definition) is 5. The van der Waals surface area contributed by atoms with Crippen LogP contribution in [0.4, 0.5) is 8.78 Å². The Morgan fingerprint density at radius 1 is 1.29 bits per heavy atom. The van der Waals surface area contributed by atoms with Crippen LogP contribution >= 0.6 is 11.8 Å². The van der Waals surface area contributed by atoms with Gasteiger partial charge in [0.1, 0.15) is 0 Å². The lowest BCUT2D eigenvalue weighted by Crippen LogP contribution is -2.12. The molecule has 1 aliphatic heterocycles. The second-order valence-corrected chi connectivity index (χ2v) is 6.83. The van der Waals surface area contributed by atoms with E-state index in [4.69, 9.17) is 9.84 Å². The van der Waals surface area contributed by atoms with Gasteiger partial charge in [-0.2, -0.15) is 4.39 Å². The van der Waals surface area contributed by atoms with Crippen LogP contribution in [0.1, 0.15) is 37.3 Å². The minimum absolute atomic E-state index is 0.0670. The van der Waals surface area contributed by atoms with Crippen molar-refractivity contribution >= 4 is 11.8 Å². The molecule has 1 saturated heterocycles. The lowest BCUT2D eigenvalue weighted by Gasteiger charge is -2.13. The van der Waals surface area contributed by atoms with Gasteiger partial charge in [0, 0.05) is 24.6 Å². The van der Waals surface area contributed by atoms with Gasteiger partial charge in [0.25, 0.3) is 0 Å². The molecular formula is C20H27F2NO4S. The molecule has 0 saturated carbocycles. The molecule has 2 atom stereocenters. The number of H-pyrrole nitrogens is 1. The highest BCUT2D eigenvalue weighted by molar-refractivity contribution is 7.98. The number of pyridine rings is 1. The molecule has 2 aromatic rings. The summed E-state index contributed by atoms with van der Waals surface area (Å²) >= 11 is 1.49. The summed E-state index contributed by atoms with van der Waals surface area (Å²) in [5.74, 6) is -1.90. The van der Waals surface area contributed by atoms with Crippen LogP contribution in [0.15, 0.2) is 34.0 Å². The zero-order valence-electron chi connectivity index (χ0n) is 16.7. The monoisotopic (exact) mass is 415 g/mol. The molecule has 2 heterocycles. The summed E-state index contributed by atoms with van der Waals surface area (Å²) in [5, 5.41) is 7.00. The summed E-state index contributed by atoms with van der Waals surface area (Å²) in [6.45, 7) is 4.01. The van der Waals surface area contributed by atoms with Gasteiger partial charge in [-0.3, -0.25) is 4.79 Å². The summed E-state index contributed by atoms with van der Waals surface area (Å²) in [6.07, 6.45) is 4.35. The highest BCUT2D eigenvalue weighted by Crippen LogP contribution is 2.31. The smallest absolute Gasteiger partial charge is 0.200 e. The van der Waals surface area contributed by atoms with Crippen molar-refractivity contribution < 1.29 is 23.4 Å². The molecule has 156 valence electrons. The first-order chi connectivity index (χ1) is 13.4. The number of nitrogens with one attached hydrogen (secondary N) is 1. The van der Waals surface area contributed by atoms with Gasteiger partial charge in [0.05, 0.1) is 24.2 Å². The third kappa shape index (κ3) is 6.32. The topological polar surface area (TPSA) is 71.6 Å². The molecule has 1 fully saturated rings. The number of rotatable bonds is 3. The Balaban J connectivity index is 0.000000281. The lowest BCUT2D eigenvalue weighted by atomic mass is 10.1.